The van der Waals surface area contributed by atoms with Gasteiger partial charge in [0.2, 0.25) is 0 Å². The molecule has 0 aliphatic carbocycles. The normalized spacial score (nSPS) is 13.8. The summed E-state index contributed by atoms with van der Waals surface area (Å²) in [5, 5.41) is 5.29. The molecule has 1 aromatic rings. The van der Waals surface area contributed by atoms with Gasteiger partial charge < -0.3 is 5.32 Å². The van der Waals surface area contributed by atoms with Crippen molar-refractivity contribution in [3.63, 3.8) is 0 Å². The van der Waals surface area contributed by atoms with E-state index in [-0.39, 0.29) is 6.04 Å². The molecular formula is C15H18Cl3N. The smallest absolute Gasteiger partial charge is 0.0618 e. The molecule has 1 rings (SSSR count). The molecule has 0 fully saturated rings. The van der Waals surface area contributed by atoms with E-state index in [0.29, 0.717) is 15.1 Å². The van der Waals surface area contributed by atoms with Gasteiger partial charge in [-0.1, -0.05) is 54.4 Å². The number of benzene rings is 1. The molecule has 1 nitrogen and oxygen atoms in total. The zero-order valence-corrected chi connectivity index (χ0v) is 13.6. The Kier molecular flexibility index (Phi) is 6.25. The van der Waals surface area contributed by atoms with Crippen molar-refractivity contribution in [1.29, 1.82) is 0 Å². The van der Waals surface area contributed by atoms with Crippen LogP contribution in [-0.2, 0) is 0 Å². The van der Waals surface area contributed by atoms with Crippen molar-refractivity contribution in [2.75, 3.05) is 0 Å². The van der Waals surface area contributed by atoms with Gasteiger partial charge in [-0.2, -0.15) is 0 Å². The van der Waals surface area contributed by atoms with Crippen LogP contribution >= 0.6 is 34.8 Å². The van der Waals surface area contributed by atoms with Gasteiger partial charge in [0.15, 0.2) is 0 Å². The Morgan fingerprint density at radius 3 is 2.53 bits per heavy atom. The van der Waals surface area contributed by atoms with Gasteiger partial charge in [0.1, 0.15) is 0 Å². The zero-order chi connectivity index (χ0) is 14.6. The maximum Gasteiger partial charge on any atom is 0.0618 e. The third-order valence-corrected chi connectivity index (χ3v) is 4.04. The molecule has 1 unspecified atom stereocenters. The first-order chi connectivity index (χ1) is 8.86. The summed E-state index contributed by atoms with van der Waals surface area (Å²) >= 11 is 18.3. The van der Waals surface area contributed by atoms with E-state index in [9.17, 15) is 0 Å². The third kappa shape index (κ3) is 4.45. The molecular weight excluding hydrogens is 301 g/mol. The summed E-state index contributed by atoms with van der Waals surface area (Å²) in [6.45, 7) is 9.91. The molecule has 4 heteroatoms. The van der Waals surface area contributed by atoms with Gasteiger partial charge in [0, 0.05) is 21.8 Å². The molecule has 1 aromatic carbocycles. The van der Waals surface area contributed by atoms with Crippen molar-refractivity contribution in [3.8, 4) is 0 Å². The molecule has 0 aliphatic rings. The lowest BCUT2D eigenvalue weighted by Gasteiger charge is -2.19. The highest BCUT2D eigenvalue weighted by Crippen LogP contribution is 2.28. The maximum atomic E-state index is 6.24. The molecule has 0 spiro atoms. The number of rotatable bonds is 5. The molecule has 19 heavy (non-hydrogen) atoms. The molecule has 1 N–H and O–H groups in total. The Hall–Kier alpha value is -0.630. The molecule has 0 amide bonds. The topological polar surface area (TPSA) is 12.0 Å². The summed E-state index contributed by atoms with van der Waals surface area (Å²) < 4.78 is 0. The van der Waals surface area contributed by atoms with Crippen molar-refractivity contribution in [1.82, 2.24) is 5.32 Å². The van der Waals surface area contributed by atoms with Crippen molar-refractivity contribution in [3.05, 3.63) is 56.7 Å². The lowest BCUT2D eigenvalue weighted by Crippen LogP contribution is -2.18. The first-order valence-corrected chi connectivity index (χ1v) is 7.26. The van der Waals surface area contributed by atoms with Gasteiger partial charge in [-0.05, 0) is 43.5 Å². The summed E-state index contributed by atoms with van der Waals surface area (Å²) in [5.74, 6) is 0. The molecule has 0 aliphatic heterocycles. The Balaban J connectivity index is 2.90. The van der Waals surface area contributed by atoms with Gasteiger partial charge in [-0.15, -0.1) is 0 Å². The second-order valence-electron chi connectivity index (χ2n) is 4.43. The lowest BCUT2D eigenvalue weighted by molar-refractivity contribution is 0.652. The molecule has 1 atom stereocenters. The van der Waals surface area contributed by atoms with Crippen LogP contribution in [0.15, 0.2) is 41.1 Å². The molecule has 104 valence electrons. The van der Waals surface area contributed by atoms with E-state index in [1.54, 1.807) is 6.07 Å². The summed E-state index contributed by atoms with van der Waals surface area (Å²) in [7, 11) is 0. The highest BCUT2D eigenvalue weighted by molar-refractivity contribution is 6.35. The van der Waals surface area contributed by atoms with E-state index < -0.39 is 0 Å². The van der Waals surface area contributed by atoms with Crippen molar-refractivity contribution >= 4 is 34.8 Å². The van der Waals surface area contributed by atoms with Crippen LogP contribution in [0, 0.1) is 0 Å². The summed E-state index contributed by atoms with van der Waals surface area (Å²) in [6, 6.07) is 5.52. The van der Waals surface area contributed by atoms with Gasteiger partial charge >= 0.3 is 0 Å². The molecule has 0 radical (unpaired) electrons. The van der Waals surface area contributed by atoms with Crippen LogP contribution in [0.25, 0.3) is 0 Å². The molecule has 0 aromatic heterocycles. The van der Waals surface area contributed by atoms with Crippen LogP contribution in [0.3, 0.4) is 0 Å². The van der Waals surface area contributed by atoms with Crippen LogP contribution < -0.4 is 5.32 Å². The number of allylic oxidation sites excluding steroid dienone is 3. The quantitative estimate of drug-likeness (QED) is 0.649. The Bertz CT molecular complexity index is 506. The molecule has 0 bridgehead atoms. The minimum absolute atomic E-state index is 0.0446. The summed E-state index contributed by atoms with van der Waals surface area (Å²) in [6.07, 6.45) is 0.827. The van der Waals surface area contributed by atoms with Gasteiger partial charge in [0.25, 0.3) is 0 Å². The highest BCUT2D eigenvalue weighted by atomic mass is 35.5. The van der Waals surface area contributed by atoms with E-state index in [1.807, 2.05) is 32.9 Å². The number of hydrogen-bond donors (Lipinski definition) is 1. The molecule has 0 saturated carbocycles. The standard InChI is InChI=1S/C15H18Cl3N/c1-5-9(2)15(18)11(4)19-10(3)13-7-6-12(16)8-14(13)17/h6-8,10,19H,2,5H2,1,3-4H3/b15-11-. The Morgan fingerprint density at radius 1 is 1.37 bits per heavy atom. The van der Waals surface area contributed by atoms with E-state index >= 15 is 0 Å². The van der Waals surface area contributed by atoms with Crippen LogP contribution in [0.5, 0.6) is 0 Å². The molecule has 0 heterocycles. The van der Waals surface area contributed by atoms with Crippen molar-refractivity contribution in [2.45, 2.75) is 33.2 Å². The van der Waals surface area contributed by atoms with Gasteiger partial charge in [-0.3, -0.25) is 0 Å². The van der Waals surface area contributed by atoms with Crippen molar-refractivity contribution in [2.24, 2.45) is 0 Å². The monoisotopic (exact) mass is 317 g/mol. The average molecular weight is 319 g/mol. The van der Waals surface area contributed by atoms with Crippen LogP contribution in [0.1, 0.15) is 38.8 Å². The van der Waals surface area contributed by atoms with Crippen molar-refractivity contribution < 1.29 is 0 Å². The van der Waals surface area contributed by atoms with Crippen LogP contribution in [0.2, 0.25) is 10.0 Å². The van der Waals surface area contributed by atoms with E-state index in [4.69, 9.17) is 34.8 Å². The maximum absolute atomic E-state index is 6.24. The SMILES string of the molecule is C=C(CC)/C(Cl)=C(\C)NC(C)c1ccc(Cl)cc1Cl. The first-order valence-electron chi connectivity index (χ1n) is 6.12. The highest BCUT2D eigenvalue weighted by Gasteiger charge is 2.11. The van der Waals surface area contributed by atoms with E-state index in [0.717, 1.165) is 23.3 Å². The zero-order valence-electron chi connectivity index (χ0n) is 11.4. The minimum atomic E-state index is 0.0446. The van der Waals surface area contributed by atoms with Crippen LogP contribution in [0.4, 0.5) is 0 Å². The summed E-state index contributed by atoms with van der Waals surface area (Å²) in [4.78, 5) is 0. The Labute approximate surface area is 130 Å². The predicted molar refractivity (Wildman–Crippen MR) is 86.0 cm³/mol. The van der Waals surface area contributed by atoms with Gasteiger partial charge in [-0.25, -0.2) is 0 Å². The van der Waals surface area contributed by atoms with Gasteiger partial charge in [0.05, 0.1) is 5.03 Å². The predicted octanol–water partition coefficient (Wildman–Crippen LogP) is 6.08. The fourth-order valence-electron chi connectivity index (χ4n) is 1.74. The third-order valence-electron chi connectivity index (χ3n) is 2.93. The second kappa shape index (κ2) is 7.23. The number of hydrogen-bond acceptors (Lipinski definition) is 1. The fourth-order valence-corrected chi connectivity index (χ4v) is 2.50. The van der Waals surface area contributed by atoms with E-state index in [1.165, 1.54) is 0 Å². The second-order valence-corrected chi connectivity index (χ2v) is 5.65. The number of halogens is 3. The fraction of sp³-hybridized carbons (Fsp3) is 0.333. The first kappa shape index (κ1) is 16.4. The number of nitrogens with one attached hydrogen (secondary N) is 1. The largest absolute Gasteiger partial charge is 0.381 e. The van der Waals surface area contributed by atoms with E-state index in [2.05, 4.69) is 11.9 Å². The lowest BCUT2D eigenvalue weighted by atomic mass is 10.1. The molecule has 0 saturated heterocycles. The average Bonchev–Trinajstić information content (AvgIpc) is 2.36. The summed E-state index contributed by atoms with van der Waals surface area (Å²) in [5.41, 5.74) is 2.80. The van der Waals surface area contributed by atoms with Crippen LogP contribution in [-0.4, -0.2) is 0 Å². The minimum Gasteiger partial charge on any atom is -0.381 e. The Morgan fingerprint density at radius 2 is 2.00 bits per heavy atom.